The average Bonchev–Trinajstić information content (AvgIpc) is 3.15. The van der Waals surface area contributed by atoms with Crippen molar-refractivity contribution in [2.24, 2.45) is 10.3 Å². The van der Waals surface area contributed by atoms with Gasteiger partial charge in [0.15, 0.2) is 0 Å². The van der Waals surface area contributed by atoms with Crippen LogP contribution in [0.2, 0.25) is 0 Å². The van der Waals surface area contributed by atoms with Gasteiger partial charge in [0.25, 0.3) is 0 Å². The van der Waals surface area contributed by atoms with E-state index in [0.29, 0.717) is 5.92 Å². The van der Waals surface area contributed by atoms with Crippen LogP contribution in [-0.4, -0.2) is 28.4 Å². The molecule has 0 N–H and O–H groups in total. The van der Waals surface area contributed by atoms with Gasteiger partial charge in [0.1, 0.15) is 15.9 Å². The van der Waals surface area contributed by atoms with E-state index in [-0.39, 0.29) is 6.17 Å². The van der Waals surface area contributed by atoms with Crippen LogP contribution in [0.5, 0.6) is 0 Å². The second kappa shape index (κ2) is 7.49. The Morgan fingerprint density at radius 2 is 1.33 bits per heavy atom. The normalized spacial score (nSPS) is 17.1. The summed E-state index contributed by atoms with van der Waals surface area (Å²) in [5.74, 6) is 0.330. The Morgan fingerprint density at radius 3 is 1.75 bits per heavy atom. The van der Waals surface area contributed by atoms with Gasteiger partial charge in [0.05, 0.1) is 9.79 Å². The maximum absolute atomic E-state index is 14.1. The summed E-state index contributed by atoms with van der Waals surface area (Å²) >= 11 is 0. The monoisotopic (exact) mass is 342 g/mol. The second-order valence-electron chi connectivity index (χ2n) is 6.66. The van der Waals surface area contributed by atoms with Crippen molar-refractivity contribution in [2.75, 3.05) is 13.1 Å². The number of benzene rings is 2. The summed E-state index contributed by atoms with van der Waals surface area (Å²) in [5.41, 5.74) is 0. The van der Waals surface area contributed by atoms with Crippen molar-refractivity contribution in [2.45, 2.75) is 42.6 Å². The second-order valence-corrected chi connectivity index (χ2v) is 8.86. The number of rotatable bonds is 5. The molecule has 2 aromatic carbocycles. The molecule has 0 amide bonds. The Balaban J connectivity index is 2.15. The van der Waals surface area contributed by atoms with Crippen molar-refractivity contribution in [1.82, 2.24) is 4.90 Å². The zero-order chi connectivity index (χ0) is 17.0. The highest BCUT2D eigenvalue weighted by Crippen LogP contribution is 2.28. The van der Waals surface area contributed by atoms with Crippen LogP contribution < -0.4 is 0 Å². The molecule has 3 nitrogen and oxygen atoms in total. The minimum absolute atomic E-state index is 0.0135. The van der Waals surface area contributed by atoms with Gasteiger partial charge in [-0.3, -0.25) is 4.90 Å². The van der Waals surface area contributed by atoms with Gasteiger partial charge in [0, 0.05) is 13.1 Å². The highest BCUT2D eigenvalue weighted by molar-refractivity contribution is 7.93. The van der Waals surface area contributed by atoms with Gasteiger partial charge < -0.3 is 0 Å². The molecule has 4 heteroatoms. The standard InChI is InChI=1S/C20H26N2OS/c1-17(2)20(22-15-9-10-16-22)21-24(23,18-11-5-3-6-12-18)19-13-7-4-8-14-19/h3-8,11-14,17,20H,9-10,15-16H2,1-2H3. The summed E-state index contributed by atoms with van der Waals surface area (Å²) in [6.07, 6.45) is 2.40. The Morgan fingerprint density at radius 1 is 0.875 bits per heavy atom. The number of nitrogens with zero attached hydrogens (tertiary/aromatic N) is 2. The third kappa shape index (κ3) is 3.55. The maximum atomic E-state index is 14.1. The Hall–Kier alpha value is -1.65. The first-order valence-electron chi connectivity index (χ1n) is 8.72. The Labute approximate surface area is 145 Å². The van der Waals surface area contributed by atoms with Crippen LogP contribution >= 0.6 is 0 Å². The molecule has 1 atom stereocenters. The molecule has 24 heavy (non-hydrogen) atoms. The Bertz CT molecular complexity index is 713. The first-order valence-corrected chi connectivity index (χ1v) is 10.2. The van der Waals surface area contributed by atoms with Crippen LogP contribution in [0.1, 0.15) is 26.7 Å². The van der Waals surface area contributed by atoms with Crippen LogP contribution in [0.15, 0.2) is 74.8 Å². The molecule has 1 saturated heterocycles. The predicted molar refractivity (Wildman–Crippen MR) is 99.4 cm³/mol. The van der Waals surface area contributed by atoms with E-state index in [1.54, 1.807) is 0 Å². The molecule has 128 valence electrons. The van der Waals surface area contributed by atoms with Crippen molar-refractivity contribution >= 4 is 9.73 Å². The number of likely N-dealkylation sites (tertiary alicyclic amines) is 1. The van der Waals surface area contributed by atoms with E-state index < -0.39 is 9.73 Å². The summed E-state index contributed by atoms with van der Waals surface area (Å²) in [7, 11) is -2.64. The third-order valence-electron chi connectivity index (χ3n) is 4.49. The quantitative estimate of drug-likeness (QED) is 0.792. The molecular formula is C20H26N2OS. The summed E-state index contributed by atoms with van der Waals surface area (Å²) in [5, 5.41) is 0. The molecule has 3 rings (SSSR count). The molecule has 0 bridgehead atoms. The average molecular weight is 343 g/mol. The number of hydrogen-bond acceptors (Lipinski definition) is 3. The lowest BCUT2D eigenvalue weighted by Crippen LogP contribution is -2.36. The fourth-order valence-electron chi connectivity index (χ4n) is 3.24. The summed E-state index contributed by atoms with van der Waals surface area (Å²) in [6.45, 7) is 6.43. The molecular weight excluding hydrogens is 316 g/mol. The molecule has 1 unspecified atom stereocenters. The molecule has 0 radical (unpaired) electrons. The zero-order valence-electron chi connectivity index (χ0n) is 14.5. The molecule has 0 spiro atoms. The van der Waals surface area contributed by atoms with Crippen molar-refractivity contribution in [3.05, 3.63) is 60.7 Å². The lowest BCUT2D eigenvalue weighted by atomic mass is 10.1. The van der Waals surface area contributed by atoms with Gasteiger partial charge in [-0.15, -0.1) is 0 Å². The maximum Gasteiger partial charge on any atom is 0.114 e. The molecule has 0 saturated carbocycles. The van der Waals surface area contributed by atoms with Crippen LogP contribution in [-0.2, 0) is 9.73 Å². The van der Waals surface area contributed by atoms with Gasteiger partial charge in [0.2, 0.25) is 0 Å². The topological polar surface area (TPSA) is 32.7 Å². The molecule has 0 aromatic heterocycles. The van der Waals surface area contributed by atoms with E-state index in [1.165, 1.54) is 12.8 Å². The predicted octanol–water partition coefficient (Wildman–Crippen LogP) is 4.65. The van der Waals surface area contributed by atoms with Crippen LogP contribution in [0.25, 0.3) is 0 Å². The molecule has 1 aliphatic rings. The largest absolute Gasteiger partial charge is 0.281 e. The third-order valence-corrected chi connectivity index (χ3v) is 6.83. The molecule has 1 fully saturated rings. The van der Waals surface area contributed by atoms with Gasteiger partial charge in [-0.25, -0.2) is 8.57 Å². The number of hydrogen-bond donors (Lipinski definition) is 0. The van der Waals surface area contributed by atoms with E-state index in [0.717, 1.165) is 22.9 Å². The summed E-state index contributed by atoms with van der Waals surface area (Å²) in [4.78, 5) is 3.97. The van der Waals surface area contributed by atoms with E-state index in [9.17, 15) is 4.21 Å². The lowest BCUT2D eigenvalue weighted by molar-refractivity contribution is 0.200. The van der Waals surface area contributed by atoms with Gasteiger partial charge >= 0.3 is 0 Å². The molecule has 2 aromatic rings. The van der Waals surface area contributed by atoms with E-state index in [1.807, 2.05) is 60.7 Å². The minimum Gasteiger partial charge on any atom is -0.281 e. The zero-order valence-corrected chi connectivity index (χ0v) is 15.3. The molecule has 1 aliphatic heterocycles. The van der Waals surface area contributed by atoms with Gasteiger partial charge in [-0.1, -0.05) is 50.2 Å². The fraction of sp³-hybridized carbons (Fsp3) is 0.400. The smallest absolute Gasteiger partial charge is 0.114 e. The molecule has 0 aliphatic carbocycles. The van der Waals surface area contributed by atoms with Crippen molar-refractivity contribution in [1.29, 1.82) is 0 Å². The first kappa shape index (κ1) is 17.2. The van der Waals surface area contributed by atoms with Gasteiger partial charge in [-0.05, 0) is 43.0 Å². The van der Waals surface area contributed by atoms with E-state index in [4.69, 9.17) is 4.36 Å². The van der Waals surface area contributed by atoms with E-state index >= 15 is 0 Å². The van der Waals surface area contributed by atoms with Crippen molar-refractivity contribution < 1.29 is 4.21 Å². The van der Waals surface area contributed by atoms with Crippen LogP contribution in [0.3, 0.4) is 0 Å². The van der Waals surface area contributed by atoms with Crippen molar-refractivity contribution in [3.63, 3.8) is 0 Å². The Kier molecular flexibility index (Phi) is 5.36. The van der Waals surface area contributed by atoms with Gasteiger partial charge in [-0.2, -0.15) is 0 Å². The minimum atomic E-state index is -2.64. The lowest BCUT2D eigenvalue weighted by Gasteiger charge is -2.28. The highest BCUT2D eigenvalue weighted by Gasteiger charge is 2.27. The highest BCUT2D eigenvalue weighted by atomic mass is 32.2. The summed E-state index contributed by atoms with van der Waals surface area (Å²) in [6, 6.07) is 19.4. The van der Waals surface area contributed by atoms with Crippen molar-refractivity contribution in [3.8, 4) is 0 Å². The van der Waals surface area contributed by atoms with Crippen LogP contribution in [0, 0.1) is 5.92 Å². The molecule has 1 heterocycles. The SMILES string of the molecule is CC(C)C(N=S(=O)(c1ccccc1)c1ccccc1)N1CCCC1. The first-order chi connectivity index (χ1) is 11.6. The van der Waals surface area contributed by atoms with E-state index in [2.05, 4.69) is 18.7 Å². The summed E-state index contributed by atoms with van der Waals surface area (Å²) < 4.78 is 19.1. The fourth-order valence-corrected chi connectivity index (χ4v) is 5.48. The van der Waals surface area contributed by atoms with Crippen LogP contribution in [0.4, 0.5) is 0 Å².